The van der Waals surface area contributed by atoms with Crippen LogP contribution in [0.1, 0.15) is 35.9 Å². The molecule has 2 aromatic carbocycles. The summed E-state index contributed by atoms with van der Waals surface area (Å²) in [6.07, 6.45) is 1.53. The maximum Gasteiger partial charge on any atom is 0.319 e. The molecule has 2 aliphatic rings. The first kappa shape index (κ1) is 21.5. The molecular formula is C24H27FN6O2. The lowest BCUT2D eigenvalue weighted by Gasteiger charge is -2.32. The molecule has 0 radical (unpaired) electrons. The lowest BCUT2D eigenvalue weighted by molar-refractivity contribution is -0.00232. The van der Waals surface area contributed by atoms with Crippen LogP contribution in [-0.2, 0) is 24.4 Å². The number of carbonyl (C=O) groups excluding carboxylic acids is 1. The van der Waals surface area contributed by atoms with Crippen molar-refractivity contribution in [2.45, 2.75) is 44.7 Å². The summed E-state index contributed by atoms with van der Waals surface area (Å²) in [6, 6.07) is 15.9. The highest BCUT2D eigenvalue weighted by Crippen LogP contribution is 2.28. The number of nitrogens with one attached hydrogen (secondary N) is 2. The number of urea groups is 1. The lowest BCUT2D eigenvalue weighted by atomic mass is 10.0. The van der Waals surface area contributed by atoms with Crippen molar-refractivity contribution in [3.63, 3.8) is 0 Å². The molecule has 5 rings (SSSR count). The molecule has 0 unspecified atom stereocenters. The molecule has 2 aliphatic heterocycles. The number of likely N-dealkylation sites (tertiary alicyclic amines) is 1. The molecule has 1 saturated heterocycles. The van der Waals surface area contributed by atoms with E-state index in [1.165, 1.54) is 12.1 Å². The first-order chi connectivity index (χ1) is 16.1. The van der Waals surface area contributed by atoms with Gasteiger partial charge >= 0.3 is 6.03 Å². The second-order valence-corrected chi connectivity index (χ2v) is 8.53. The van der Waals surface area contributed by atoms with Crippen LogP contribution in [0.15, 0.2) is 54.6 Å². The highest BCUT2D eigenvalue weighted by molar-refractivity contribution is 5.89. The number of benzene rings is 2. The molecule has 3 heterocycles. The highest BCUT2D eigenvalue weighted by atomic mass is 19.1. The molecule has 3 aromatic rings. The Balaban J connectivity index is 1.11. The van der Waals surface area contributed by atoms with Gasteiger partial charge in [-0.2, -0.15) is 0 Å². The smallest absolute Gasteiger partial charge is 0.319 e. The SMILES string of the molecule is O=C(Nc1ccccc1)NC1CCN(Cc2nnn3c2CO[C@@H](c2cccc(F)c2)C3)CC1. The highest BCUT2D eigenvalue weighted by Gasteiger charge is 2.27. The largest absolute Gasteiger partial charge is 0.365 e. The Kier molecular flexibility index (Phi) is 6.32. The summed E-state index contributed by atoms with van der Waals surface area (Å²) in [7, 11) is 0. The zero-order valence-electron chi connectivity index (χ0n) is 18.3. The Morgan fingerprint density at radius 2 is 1.94 bits per heavy atom. The third-order valence-electron chi connectivity index (χ3n) is 6.23. The Labute approximate surface area is 191 Å². The van der Waals surface area contributed by atoms with Crippen molar-refractivity contribution in [3.05, 3.63) is 77.4 Å². The van der Waals surface area contributed by atoms with Crippen LogP contribution in [-0.4, -0.2) is 45.1 Å². The zero-order chi connectivity index (χ0) is 22.6. The summed E-state index contributed by atoms with van der Waals surface area (Å²) in [5.74, 6) is -0.267. The van der Waals surface area contributed by atoms with E-state index in [1.807, 2.05) is 41.1 Å². The van der Waals surface area contributed by atoms with Gasteiger partial charge in [0.05, 0.1) is 18.8 Å². The Hall–Kier alpha value is -3.30. The van der Waals surface area contributed by atoms with Gasteiger partial charge in [0.15, 0.2) is 0 Å². The molecule has 172 valence electrons. The minimum atomic E-state index is -0.267. The topological polar surface area (TPSA) is 84.3 Å². The summed E-state index contributed by atoms with van der Waals surface area (Å²) >= 11 is 0. The second-order valence-electron chi connectivity index (χ2n) is 8.53. The summed E-state index contributed by atoms with van der Waals surface area (Å²) in [4.78, 5) is 14.6. The van der Waals surface area contributed by atoms with Crippen LogP contribution < -0.4 is 10.6 Å². The molecule has 2 N–H and O–H groups in total. The molecule has 1 fully saturated rings. The van der Waals surface area contributed by atoms with Gasteiger partial charge in [0.25, 0.3) is 0 Å². The molecule has 1 aromatic heterocycles. The molecular weight excluding hydrogens is 423 g/mol. The van der Waals surface area contributed by atoms with Crippen molar-refractivity contribution >= 4 is 11.7 Å². The summed E-state index contributed by atoms with van der Waals surface area (Å²) in [5, 5.41) is 14.6. The molecule has 1 atom stereocenters. The average molecular weight is 451 g/mol. The van der Waals surface area contributed by atoms with E-state index in [9.17, 15) is 9.18 Å². The number of aromatic nitrogens is 3. The number of halogens is 1. The van der Waals surface area contributed by atoms with Gasteiger partial charge in [0.2, 0.25) is 0 Å². The molecule has 0 aliphatic carbocycles. The molecule has 9 heteroatoms. The predicted molar refractivity (Wildman–Crippen MR) is 121 cm³/mol. The zero-order valence-corrected chi connectivity index (χ0v) is 18.3. The van der Waals surface area contributed by atoms with Gasteiger partial charge in [-0.15, -0.1) is 5.10 Å². The summed E-state index contributed by atoms with van der Waals surface area (Å²) in [5.41, 5.74) is 3.49. The fraction of sp³-hybridized carbons (Fsp3) is 0.375. The third kappa shape index (κ3) is 5.20. The van der Waals surface area contributed by atoms with Gasteiger partial charge in [-0.1, -0.05) is 35.5 Å². The van der Waals surface area contributed by atoms with Gasteiger partial charge in [-0.05, 0) is 42.7 Å². The Morgan fingerprint density at radius 3 is 2.73 bits per heavy atom. The van der Waals surface area contributed by atoms with Crippen LogP contribution in [0.3, 0.4) is 0 Å². The van der Waals surface area contributed by atoms with Crippen molar-refractivity contribution in [1.29, 1.82) is 0 Å². The fourth-order valence-corrected chi connectivity index (χ4v) is 4.42. The number of nitrogens with zero attached hydrogens (tertiary/aromatic N) is 4. The maximum atomic E-state index is 13.6. The fourth-order valence-electron chi connectivity index (χ4n) is 4.42. The van der Waals surface area contributed by atoms with Gasteiger partial charge in [-0.3, -0.25) is 4.90 Å². The summed E-state index contributed by atoms with van der Waals surface area (Å²) in [6.45, 7) is 3.37. The van der Waals surface area contributed by atoms with Crippen molar-refractivity contribution < 1.29 is 13.9 Å². The number of fused-ring (bicyclic) bond motifs is 1. The number of hydrogen-bond donors (Lipinski definition) is 2. The Bertz CT molecular complexity index is 1100. The van der Waals surface area contributed by atoms with E-state index in [4.69, 9.17) is 4.74 Å². The molecule has 2 amide bonds. The monoisotopic (exact) mass is 450 g/mol. The number of amides is 2. The number of anilines is 1. The van der Waals surface area contributed by atoms with Crippen LogP contribution in [0.4, 0.5) is 14.9 Å². The van der Waals surface area contributed by atoms with E-state index in [2.05, 4.69) is 25.8 Å². The quantitative estimate of drug-likeness (QED) is 0.622. The number of carbonyl (C=O) groups is 1. The van der Waals surface area contributed by atoms with Crippen molar-refractivity contribution in [2.24, 2.45) is 0 Å². The van der Waals surface area contributed by atoms with Gasteiger partial charge in [0, 0.05) is 31.4 Å². The number of ether oxygens (including phenoxy) is 1. The van der Waals surface area contributed by atoms with E-state index in [0.717, 1.165) is 48.6 Å². The van der Waals surface area contributed by atoms with Crippen LogP contribution in [0.25, 0.3) is 0 Å². The standard InChI is InChI=1S/C24H27FN6O2/c25-18-6-4-5-17(13-18)23-15-31-22(16-33-23)21(28-29-31)14-30-11-9-20(10-12-30)27-24(32)26-19-7-2-1-3-8-19/h1-8,13,20,23H,9-12,14-16H2,(H2,26,27,32)/t23-/m1/s1. The molecule has 0 bridgehead atoms. The van der Waals surface area contributed by atoms with E-state index in [-0.39, 0.29) is 24.0 Å². The van der Waals surface area contributed by atoms with Gasteiger partial charge in [0.1, 0.15) is 17.6 Å². The van der Waals surface area contributed by atoms with Crippen molar-refractivity contribution in [1.82, 2.24) is 25.2 Å². The van der Waals surface area contributed by atoms with Crippen molar-refractivity contribution in [3.8, 4) is 0 Å². The van der Waals surface area contributed by atoms with E-state index in [0.29, 0.717) is 19.7 Å². The Morgan fingerprint density at radius 1 is 1.12 bits per heavy atom. The molecule has 33 heavy (non-hydrogen) atoms. The number of piperidine rings is 1. The number of hydrogen-bond acceptors (Lipinski definition) is 5. The minimum absolute atomic E-state index is 0.148. The van der Waals surface area contributed by atoms with E-state index in [1.54, 1.807) is 6.07 Å². The first-order valence-corrected chi connectivity index (χ1v) is 11.3. The second kappa shape index (κ2) is 9.68. The molecule has 0 saturated carbocycles. The first-order valence-electron chi connectivity index (χ1n) is 11.3. The van der Waals surface area contributed by atoms with Crippen LogP contribution in [0.2, 0.25) is 0 Å². The van der Waals surface area contributed by atoms with E-state index >= 15 is 0 Å². The summed E-state index contributed by atoms with van der Waals surface area (Å²) < 4.78 is 21.4. The molecule has 8 nitrogen and oxygen atoms in total. The van der Waals surface area contributed by atoms with Gasteiger partial charge in [-0.25, -0.2) is 13.9 Å². The van der Waals surface area contributed by atoms with Crippen molar-refractivity contribution in [2.75, 3.05) is 18.4 Å². The lowest BCUT2D eigenvalue weighted by Crippen LogP contribution is -2.45. The van der Waals surface area contributed by atoms with Crippen LogP contribution >= 0.6 is 0 Å². The van der Waals surface area contributed by atoms with Crippen LogP contribution in [0, 0.1) is 5.82 Å². The third-order valence-corrected chi connectivity index (χ3v) is 6.23. The average Bonchev–Trinajstić information content (AvgIpc) is 3.23. The minimum Gasteiger partial charge on any atom is -0.365 e. The normalized spacial score (nSPS) is 19.1. The number of rotatable bonds is 5. The predicted octanol–water partition coefficient (Wildman–Crippen LogP) is 3.47. The van der Waals surface area contributed by atoms with Crippen LogP contribution in [0.5, 0.6) is 0 Å². The maximum absolute atomic E-state index is 13.6. The number of para-hydroxylation sites is 1. The molecule has 0 spiro atoms. The van der Waals surface area contributed by atoms with E-state index < -0.39 is 0 Å². The van der Waals surface area contributed by atoms with Gasteiger partial charge < -0.3 is 15.4 Å².